The largest absolute Gasteiger partial charge is 0.573 e. The van der Waals surface area contributed by atoms with Crippen LogP contribution in [0.3, 0.4) is 0 Å². The van der Waals surface area contributed by atoms with Gasteiger partial charge in [0.15, 0.2) is 11.5 Å². The number of ether oxygens (including phenoxy) is 3. The summed E-state index contributed by atoms with van der Waals surface area (Å²) in [5.74, 6) is 0.736. The predicted octanol–water partition coefficient (Wildman–Crippen LogP) is 3.39. The van der Waals surface area contributed by atoms with Crippen LogP contribution >= 0.6 is 0 Å². The van der Waals surface area contributed by atoms with E-state index in [9.17, 15) is 18.0 Å². The van der Waals surface area contributed by atoms with E-state index < -0.39 is 6.36 Å². The second kappa shape index (κ2) is 10.7. The third kappa shape index (κ3) is 7.47. The number of likely N-dealkylation sites (N-methyl/N-ethyl adjacent to an activating group) is 1. The number of alkyl halides is 3. The molecule has 6 nitrogen and oxygen atoms in total. The predicted molar refractivity (Wildman–Crippen MR) is 106 cm³/mol. The maximum atomic E-state index is 12.5. The molecule has 0 fully saturated rings. The normalized spacial score (nSPS) is 11.3. The number of carbonyl (C=O) groups is 1. The number of nitrogens with one attached hydrogen (secondary N) is 1. The van der Waals surface area contributed by atoms with E-state index >= 15 is 0 Å². The molecule has 2 aromatic carbocycles. The van der Waals surface area contributed by atoms with E-state index in [2.05, 4.69) is 10.1 Å². The van der Waals surface area contributed by atoms with Crippen LogP contribution in [0.5, 0.6) is 17.2 Å². The average molecular weight is 426 g/mol. The van der Waals surface area contributed by atoms with Crippen molar-refractivity contribution in [2.24, 2.45) is 0 Å². The van der Waals surface area contributed by atoms with Gasteiger partial charge in [-0.3, -0.25) is 9.69 Å². The molecule has 30 heavy (non-hydrogen) atoms. The number of halogens is 3. The Balaban J connectivity index is 1.83. The zero-order valence-corrected chi connectivity index (χ0v) is 17.1. The highest BCUT2D eigenvalue weighted by Gasteiger charge is 2.32. The molecule has 1 N–H and O–H groups in total. The first kappa shape index (κ1) is 23.3. The van der Waals surface area contributed by atoms with Crippen LogP contribution in [0.15, 0.2) is 42.5 Å². The number of hydrogen-bond acceptors (Lipinski definition) is 5. The highest BCUT2D eigenvalue weighted by molar-refractivity contribution is 5.78. The number of carbonyl (C=O) groups excluding carboxylic acids is 1. The lowest BCUT2D eigenvalue weighted by molar-refractivity contribution is -0.275. The van der Waals surface area contributed by atoms with Gasteiger partial charge in [0.1, 0.15) is 5.75 Å². The van der Waals surface area contributed by atoms with Crippen molar-refractivity contribution < 1.29 is 32.2 Å². The van der Waals surface area contributed by atoms with Crippen molar-refractivity contribution in [3.05, 3.63) is 53.6 Å². The molecular weight excluding hydrogens is 401 g/mol. The second-order valence-electron chi connectivity index (χ2n) is 6.62. The lowest BCUT2D eigenvalue weighted by atomic mass is 10.1. The van der Waals surface area contributed by atoms with Gasteiger partial charge in [-0.2, -0.15) is 0 Å². The molecule has 0 aliphatic carbocycles. The Labute approximate surface area is 173 Å². The fourth-order valence-electron chi connectivity index (χ4n) is 2.89. The Morgan fingerprint density at radius 3 is 2.40 bits per heavy atom. The fraction of sp³-hybridized carbons (Fsp3) is 0.381. The van der Waals surface area contributed by atoms with Crippen LogP contribution in [0.2, 0.25) is 0 Å². The SMILES string of the molecule is COc1ccc(CCNC(=O)CN(C)Cc2ccccc2OC(F)(F)F)cc1OC. The van der Waals surface area contributed by atoms with Crippen LogP contribution in [0.25, 0.3) is 0 Å². The molecule has 2 aromatic rings. The molecule has 0 saturated heterocycles. The van der Waals surface area contributed by atoms with Gasteiger partial charge in [0.05, 0.1) is 20.8 Å². The number of rotatable bonds is 10. The van der Waals surface area contributed by atoms with Gasteiger partial charge in [0.2, 0.25) is 5.91 Å². The third-order valence-corrected chi connectivity index (χ3v) is 4.24. The minimum atomic E-state index is -4.77. The molecule has 0 saturated carbocycles. The Morgan fingerprint density at radius 1 is 1.03 bits per heavy atom. The summed E-state index contributed by atoms with van der Waals surface area (Å²) < 4.78 is 52.1. The van der Waals surface area contributed by atoms with E-state index in [0.29, 0.717) is 30.0 Å². The van der Waals surface area contributed by atoms with Gasteiger partial charge in [-0.25, -0.2) is 0 Å². The standard InChI is InChI=1S/C21H25F3N2O4/c1-26(13-16-6-4-5-7-17(16)30-21(22,23)24)14-20(27)25-11-10-15-8-9-18(28-2)19(12-15)29-3/h4-9,12H,10-11,13-14H2,1-3H3,(H,25,27). The quantitative estimate of drug-likeness (QED) is 0.631. The molecule has 2 rings (SSSR count). The zero-order chi connectivity index (χ0) is 22.1. The Morgan fingerprint density at radius 2 is 1.73 bits per heavy atom. The van der Waals surface area contributed by atoms with Gasteiger partial charge in [0, 0.05) is 18.7 Å². The Bertz CT molecular complexity index is 843. The van der Waals surface area contributed by atoms with Gasteiger partial charge in [0.25, 0.3) is 0 Å². The maximum Gasteiger partial charge on any atom is 0.573 e. The van der Waals surface area contributed by atoms with Crippen LogP contribution in [-0.2, 0) is 17.8 Å². The monoisotopic (exact) mass is 426 g/mol. The van der Waals surface area contributed by atoms with Crippen molar-refractivity contribution in [3.8, 4) is 17.2 Å². The van der Waals surface area contributed by atoms with Gasteiger partial charge < -0.3 is 19.5 Å². The summed E-state index contributed by atoms with van der Waals surface area (Å²) in [6.45, 7) is 0.581. The van der Waals surface area contributed by atoms with Gasteiger partial charge >= 0.3 is 6.36 Å². The summed E-state index contributed by atoms with van der Waals surface area (Å²) in [6.07, 6.45) is -4.17. The molecule has 0 bridgehead atoms. The molecule has 9 heteroatoms. The number of amides is 1. The first-order chi connectivity index (χ1) is 14.2. The number of methoxy groups -OCH3 is 2. The summed E-state index contributed by atoms with van der Waals surface area (Å²) in [4.78, 5) is 13.8. The lowest BCUT2D eigenvalue weighted by Crippen LogP contribution is -2.36. The van der Waals surface area contributed by atoms with Crippen LogP contribution in [0, 0.1) is 0 Å². The van der Waals surface area contributed by atoms with Crippen molar-refractivity contribution in [1.29, 1.82) is 0 Å². The van der Waals surface area contributed by atoms with Crippen molar-refractivity contribution in [3.63, 3.8) is 0 Å². The summed E-state index contributed by atoms with van der Waals surface area (Å²) in [5, 5.41) is 2.80. The Hall–Kier alpha value is -2.94. The number of hydrogen-bond donors (Lipinski definition) is 1. The minimum absolute atomic E-state index is 0.0340. The minimum Gasteiger partial charge on any atom is -0.493 e. The van der Waals surface area contributed by atoms with Gasteiger partial charge in [-0.05, 0) is 37.2 Å². The molecule has 1 amide bonds. The van der Waals surface area contributed by atoms with E-state index in [1.54, 1.807) is 38.3 Å². The lowest BCUT2D eigenvalue weighted by Gasteiger charge is -2.19. The molecule has 0 atom stereocenters. The third-order valence-electron chi connectivity index (χ3n) is 4.24. The molecule has 0 aliphatic rings. The molecular formula is C21H25F3N2O4. The first-order valence-corrected chi connectivity index (χ1v) is 9.21. The smallest absolute Gasteiger partial charge is 0.493 e. The van der Waals surface area contributed by atoms with E-state index in [0.717, 1.165) is 5.56 Å². The van der Waals surface area contributed by atoms with E-state index in [-0.39, 0.29) is 24.7 Å². The molecule has 0 heterocycles. The number of para-hydroxylation sites is 1. The summed E-state index contributed by atoms with van der Waals surface area (Å²) in [7, 11) is 4.76. The van der Waals surface area contributed by atoms with E-state index in [1.165, 1.54) is 18.2 Å². The van der Waals surface area contributed by atoms with Crippen LogP contribution in [-0.4, -0.2) is 51.5 Å². The molecule has 0 unspecified atom stereocenters. The zero-order valence-electron chi connectivity index (χ0n) is 17.1. The average Bonchev–Trinajstić information content (AvgIpc) is 2.68. The molecule has 164 valence electrons. The summed E-state index contributed by atoms with van der Waals surface area (Å²) in [5.41, 5.74) is 1.31. The number of nitrogens with zero attached hydrogens (tertiary/aromatic N) is 1. The fourth-order valence-corrected chi connectivity index (χ4v) is 2.89. The molecule has 0 aromatic heterocycles. The highest BCUT2D eigenvalue weighted by atomic mass is 19.4. The van der Waals surface area contributed by atoms with E-state index in [1.807, 2.05) is 12.1 Å². The first-order valence-electron chi connectivity index (χ1n) is 9.21. The topological polar surface area (TPSA) is 60.0 Å². The van der Waals surface area contributed by atoms with Crippen molar-refractivity contribution in [1.82, 2.24) is 10.2 Å². The van der Waals surface area contributed by atoms with Crippen molar-refractivity contribution in [2.45, 2.75) is 19.3 Å². The summed E-state index contributed by atoms with van der Waals surface area (Å²) >= 11 is 0. The maximum absolute atomic E-state index is 12.5. The van der Waals surface area contributed by atoms with Crippen LogP contribution in [0.1, 0.15) is 11.1 Å². The van der Waals surface area contributed by atoms with E-state index in [4.69, 9.17) is 9.47 Å². The van der Waals surface area contributed by atoms with Gasteiger partial charge in [-0.1, -0.05) is 24.3 Å². The van der Waals surface area contributed by atoms with Gasteiger partial charge in [-0.15, -0.1) is 13.2 Å². The second-order valence-corrected chi connectivity index (χ2v) is 6.62. The van der Waals surface area contributed by atoms with Crippen molar-refractivity contribution in [2.75, 3.05) is 34.4 Å². The molecule has 0 spiro atoms. The molecule has 0 radical (unpaired) electrons. The summed E-state index contributed by atoms with van der Waals surface area (Å²) in [6, 6.07) is 11.4. The van der Waals surface area contributed by atoms with Crippen LogP contribution < -0.4 is 19.5 Å². The number of benzene rings is 2. The van der Waals surface area contributed by atoms with Crippen molar-refractivity contribution >= 4 is 5.91 Å². The van der Waals surface area contributed by atoms with Crippen LogP contribution in [0.4, 0.5) is 13.2 Å². The Kier molecular flexibility index (Phi) is 8.35. The molecule has 0 aliphatic heterocycles. The highest BCUT2D eigenvalue weighted by Crippen LogP contribution is 2.28.